The SMILES string of the molecule is CC[N+]1(C)CCCCC1C.CC[N+]1(C)CCCCC1C.O=C([O-])[O-]. The van der Waals surface area contributed by atoms with E-state index in [1.165, 1.54) is 73.7 Å². The smallest absolute Gasteiger partial charge is 0.0859 e. The van der Waals surface area contributed by atoms with E-state index >= 15 is 0 Å². The summed E-state index contributed by atoms with van der Waals surface area (Å²) >= 11 is 0. The summed E-state index contributed by atoms with van der Waals surface area (Å²) < 4.78 is 2.61. The summed E-state index contributed by atoms with van der Waals surface area (Å²) in [5.74, 6) is 0. The van der Waals surface area contributed by atoms with E-state index in [1.54, 1.807) is 0 Å². The molecule has 5 heteroatoms. The van der Waals surface area contributed by atoms with Crippen LogP contribution in [-0.4, -0.2) is 67.5 Å². The molecule has 144 valence electrons. The summed E-state index contributed by atoms with van der Waals surface area (Å²) in [5.41, 5.74) is 0. The van der Waals surface area contributed by atoms with Crippen LogP contribution in [-0.2, 0) is 0 Å². The molecule has 2 aliphatic heterocycles. The van der Waals surface area contributed by atoms with Crippen LogP contribution in [0, 0.1) is 0 Å². The topological polar surface area (TPSA) is 63.2 Å². The van der Waals surface area contributed by atoms with Gasteiger partial charge in [-0.1, -0.05) is 0 Å². The van der Waals surface area contributed by atoms with Crippen LogP contribution in [0.1, 0.15) is 66.2 Å². The molecule has 0 aromatic rings. The number of hydrogen-bond acceptors (Lipinski definition) is 3. The van der Waals surface area contributed by atoms with Gasteiger partial charge in [-0.2, -0.15) is 0 Å². The third-order valence-electron chi connectivity index (χ3n) is 6.65. The summed E-state index contributed by atoms with van der Waals surface area (Å²) in [6, 6.07) is 1.80. The maximum absolute atomic E-state index is 8.33. The Morgan fingerprint density at radius 3 is 1.29 bits per heavy atom. The zero-order valence-corrected chi connectivity index (χ0v) is 16.8. The summed E-state index contributed by atoms with van der Waals surface area (Å²) in [7, 11) is 4.79. The molecule has 0 amide bonds. The number of carboxylic acid groups (broad SMARTS) is 2. The average molecular weight is 345 g/mol. The van der Waals surface area contributed by atoms with Gasteiger partial charge in [-0.3, -0.25) is 0 Å². The van der Waals surface area contributed by atoms with Crippen LogP contribution >= 0.6 is 0 Å². The van der Waals surface area contributed by atoms with E-state index in [9.17, 15) is 0 Å². The first-order chi connectivity index (χ1) is 11.1. The van der Waals surface area contributed by atoms with Gasteiger partial charge in [-0.25, -0.2) is 0 Å². The lowest BCUT2D eigenvalue weighted by molar-refractivity contribution is -0.934. The fraction of sp³-hybridized carbons (Fsp3) is 0.947. The van der Waals surface area contributed by atoms with Gasteiger partial charge in [-0.05, 0) is 72.4 Å². The van der Waals surface area contributed by atoms with Crippen molar-refractivity contribution in [2.75, 3.05) is 40.3 Å². The van der Waals surface area contributed by atoms with Crippen molar-refractivity contribution in [3.05, 3.63) is 0 Å². The molecule has 2 aliphatic rings. The van der Waals surface area contributed by atoms with E-state index in [0.29, 0.717) is 0 Å². The van der Waals surface area contributed by atoms with Crippen molar-refractivity contribution < 1.29 is 24.0 Å². The molecule has 2 saturated heterocycles. The molecule has 2 fully saturated rings. The first-order valence-corrected chi connectivity index (χ1v) is 9.67. The maximum Gasteiger partial charge on any atom is 0.0859 e. The first kappa shape index (κ1) is 23.2. The van der Waals surface area contributed by atoms with E-state index < -0.39 is 6.16 Å². The van der Waals surface area contributed by atoms with Gasteiger partial charge in [-0.15, -0.1) is 0 Å². The van der Waals surface area contributed by atoms with Gasteiger partial charge < -0.3 is 24.0 Å². The summed E-state index contributed by atoms with van der Waals surface area (Å²) in [4.78, 5) is 8.33. The highest BCUT2D eigenvalue weighted by atomic mass is 16.6. The number of likely N-dealkylation sites (tertiary alicyclic amines) is 2. The third kappa shape index (κ3) is 7.84. The monoisotopic (exact) mass is 344 g/mol. The highest BCUT2D eigenvalue weighted by Crippen LogP contribution is 2.23. The second kappa shape index (κ2) is 10.9. The second-order valence-electron chi connectivity index (χ2n) is 7.98. The van der Waals surface area contributed by atoms with E-state index in [-0.39, 0.29) is 0 Å². The van der Waals surface area contributed by atoms with Crippen LogP contribution in [0.15, 0.2) is 0 Å². The highest BCUT2D eigenvalue weighted by molar-refractivity contribution is 5.47. The van der Waals surface area contributed by atoms with Gasteiger partial charge in [0, 0.05) is 0 Å². The van der Waals surface area contributed by atoms with Crippen LogP contribution in [0.25, 0.3) is 0 Å². The second-order valence-corrected chi connectivity index (χ2v) is 7.98. The van der Waals surface area contributed by atoms with Gasteiger partial charge in [0.25, 0.3) is 0 Å². The molecular weight excluding hydrogens is 304 g/mol. The number of quaternary nitrogens is 2. The number of rotatable bonds is 2. The quantitative estimate of drug-likeness (QED) is 0.715. The van der Waals surface area contributed by atoms with Crippen molar-refractivity contribution in [3.63, 3.8) is 0 Å². The fourth-order valence-corrected chi connectivity index (χ4v) is 3.83. The molecule has 2 heterocycles. The fourth-order valence-electron chi connectivity index (χ4n) is 3.83. The number of nitrogens with zero attached hydrogens (tertiary/aromatic N) is 2. The van der Waals surface area contributed by atoms with Gasteiger partial charge in [0.1, 0.15) is 0 Å². The Morgan fingerprint density at radius 1 is 0.833 bits per heavy atom. The third-order valence-corrected chi connectivity index (χ3v) is 6.65. The minimum atomic E-state index is -2.33. The lowest BCUT2D eigenvalue weighted by atomic mass is 10.0. The standard InChI is InChI=1S/2C9H20N.CH2O3/c2*1-4-10(3)8-6-5-7-9(10)2;2-1(3)4/h2*9H,4-8H2,1-3H3;(H2,2,3,4)/q2*+1;/p-2. The van der Waals surface area contributed by atoms with E-state index in [4.69, 9.17) is 15.0 Å². The average Bonchev–Trinajstić information content (AvgIpc) is 2.53. The van der Waals surface area contributed by atoms with Crippen LogP contribution in [0.4, 0.5) is 4.79 Å². The van der Waals surface area contributed by atoms with Gasteiger partial charge in [0.05, 0.1) is 52.4 Å². The number of carbonyl (C=O) groups excluding carboxylic acids is 1. The summed E-state index contributed by atoms with van der Waals surface area (Å²) in [6.45, 7) is 14.8. The van der Waals surface area contributed by atoms with Crippen LogP contribution in [0.2, 0.25) is 0 Å². The predicted octanol–water partition coefficient (Wildman–Crippen LogP) is 1.60. The molecule has 4 atom stereocenters. The molecule has 0 aromatic carbocycles. The van der Waals surface area contributed by atoms with Crippen LogP contribution in [0.5, 0.6) is 0 Å². The minimum absolute atomic E-state index is 0.902. The molecule has 0 bridgehead atoms. The van der Waals surface area contributed by atoms with Gasteiger partial charge in [0.15, 0.2) is 0 Å². The summed E-state index contributed by atoms with van der Waals surface area (Å²) in [6.07, 6.45) is 6.32. The molecule has 4 unspecified atom stereocenters. The molecule has 0 aromatic heterocycles. The minimum Gasteiger partial charge on any atom is -0.652 e. The molecule has 0 saturated carbocycles. The lowest BCUT2D eigenvalue weighted by Crippen LogP contribution is -2.53. The molecular formula is C19H40N2O3. The van der Waals surface area contributed by atoms with Crippen molar-refractivity contribution in [1.29, 1.82) is 0 Å². The van der Waals surface area contributed by atoms with E-state index in [1.807, 2.05) is 0 Å². The molecule has 0 aliphatic carbocycles. The highest BCUT2D eigenvalue weighted by Gasteiger charge is 2.30. The van der Waals surface area contributed by atoms with Crippen molar-refractivity contribution in [1.82, 2.24) is 0 Å². The molecule has 0 radical (unpaired) electrons. The Morgan fingerprint density at radius 2 is 1.12 bits per heavy atom. The lowest BCUT2D eigenvalue weighted by Gasteiger charge is -2.42. The normalized spacial score (nSPS) is 35.8. The number of carbonyl (C=O) groups is 1. The molecule has 0 spiro atoms. The molecule has 5 nitrogen and oxygen atoms in total. The van der Waals surface area contributed by atoms with Crippen molar-refractivity contribution in [2.45, 2.75) is 78.3 Å². The molecule has 24 heavy (non-hydrogen) atoms. The first-order valence-electron chi connectivity index (χ1n) is 9.67. The Balaban J connectivity index is 0.000000363. The van der Waals surface area contributed by atoms with Gasteiger partial charge >= 0.3 is 0 Å². The Hall–Kier alpha value is -0.810. The number of piperidine rings is 2. The van der Waals surface area contributed by atoms with Gasteiger partial charge in [0.2, 0.25) is 0 Å². The number of hydrogen-bond donors (Lipinski definition) is 0. The Kier molecular flexibility index (Phi) is 10.6. The molecule has 2 rings (SSSR count). The zero-order chi connectivity index (χ0) is 18.8. The van der Waals surface area contributed by atoms with Crippen LogP contribution in [0.3, 0.4) is 0 Å². The van der Waals surface area contributed by atoms with Crippen molar-refractivity contribution in [3.8, 4) is 0 Å². The van der Waals surface area contributed by atoms with E-state index in [2.05, 4.69) is 41.8 Å². The van der Waals surface area contributed by atoms with Crippen LogP contribution < -0.4 is 10.2 Å². The van der Waals surface area contributed by atoms with E-state index in [0.717, 1.165) is 12.1 Å². The maximum atomic E-state index is 8.33. The largest absolute Gasteiger partial charge is 0.652 e. The summed E-state index contributed by atoms with van der Waals surface area (Å²) in [5, 5.41) is 16.7. The van der Waals surface area contributed by atoms with Crippen molar-refractivity contribution in [2.24, 2.45) is 0 Å². The Labute approximate surface area is 149 Å². The predicted molar refractivity (Wildman–Crippen MR) is 95.2 cm³/mol. The zero-order valence-electron chi connectivity index (χ0n) is 16.8. The molecule has 0 N–H and O–H groups in total. The van der Waals surface area contributed by atoms with Crippen molar-refractivity contribution >= 4 is 6.16 Å². The Bertz CT molecular complexity index is 333.